The summed E-state index contributed by atoms with van der Waals surface area (Å²) in [6.45, 7) is 4.61. The maximum atomic E-state index is 11.7. The minimum atomic E-state index is -0.253. The summed E-state index contributed by atoms with van der Waals surface area (Å²) in [6.07, 6.45) is 0.943. The van der Waals surface area contributed by atoms with Crippen LogP contribution in [0.25, 0.3) is 0 Å². The summed E-state index contributed by atoms with van der Waals surface area (Å²) in [4.78, 5) is 27.3. The van der Waals surface area contributed by atoms with Crippen LogP contribution in [0.4, 0.5) is 0 Å². The van der Waals surface area contributed by atoms with Gasteiger partial charge < -0.3 is 16.4 Å². The molecule has 1 rings (SSSR count). The van der Waals surface area contributed by atoms with Gasteiger partial charge in [-0.3, -0.25) is 9.59 Å². The molecule has 0 spiro atoms. The summed E-state index contributed by atoms with van der Waals surface area (Å²) in [5.41, 5.74) is 5.81. The number of carbonyl (C=O) groups is 2. The zero-order valence-corrected chi connectivity index (χ0v) is 13.3. The normalized spacial score (nSPS) is 10.0. The van der Waals surface area contributed by atoms with Crippen molar-refractivity contribution in [1.29, 1.82) is 0 Å². The van der Waals surface area contributed by atoms with Crippen LogP contribution < -0.4 is 16.4 Å². The molecular formula is C12H21ClN4O2S. The molecule has 0 unspecified atom stereocenters. The number of halogens is 1. The number of rotatable bonds is 7. The Labute approximate surface area is 128 Å². The highest BCUT2D eigenvalue weighted by atomic mass is 35.5. The maximum Gasteiger partial charge on any atom is 0.270 e. The summed E-state index contributed by atoms with van der Waals surface area (Å²) in [6, 6.07) is 0.112. The van der Waals surface area contributed by atoms with E-state index >= 15 is 0 Å². The first-order valence-corrected chi connectivity index (χ1v) is 7.13. The third kappa shape index (κ3) is 6.83. The molecule has 4 N–H and O–H groups in total. The van der Waals surface area contributed by atoms with Crippen LogP contribution in [-0.4, -0.2) is 35.9 Å². The van der Waals surface area contributed by atoms with Crippen LogP contribution in [0.5, 0.6) is 0 Å². The monoisotopic (exact) mass is 320 g/mol. The van der Waals surface area contributed by atoms with Crippen molar-refractivity contribution in [3.05, 3.63) is 16.1 Å². The van der Waals surface area contributed by atoms with Gasteiger partial charge in [-0.25, -0.2) is 4.98 Å². The molecule has 0 atom stereocenters. The number of hydrogen-bond donors (Lipinski definition) is 3. The molecule has 1 aromatic rings. The minimum absolute atomic E-state index is 0. The lowest BCUT2D eigenvalue weighted by Crippen LogP contribution is -2.34. The molecule has 0 bridgehead atoms. The maximum absolute atomic E-state index is 11.7. The number of thiazole rings is 1. The Kier molecular flexibility index (Phi) is 9.11. The van der Waals surface area contributed by atoms with Gasteiger partial charge in [0.2, 0.25) is 5.91 Å². The fourth-order valence-corrected chi connectivity index (χ4v) is 2.22. The van der Waals surface area contributed by atoms with Gasteiger partial charge >= 0.3 is 0 Å². The number of amides is 2. The van der Waals surface area contributed by atoms with Crippen LogP contribution in [0.15, 0.2) is 5.38 Å². The second-order valence-corrected chi connectivity index (χ2v) is 5.34. The Balaban J connectivity index is 0.00000361. The molecule has 8 heteroatoms. The second-order valence-electron chi connectivity index (χ2n) is 4.39. The van der Waals surface area contributed by atoms with Gasteiger partial charge in [-0.15, -0.1) is 23.7 Å². The van der Waals surface area contributed by atoms with Crippen LogP contribution in [0.1, 0.15) is 35.8 Å². The highest BCUT2D eigenvalue weighted by molar-refractivity contribution is 7.09. The van der Waals surface area contributed by atoms with Crippen molar-refractivity contribution < 1.29 is 9.59 Å². The van der Waals surface area contributed by atoms with Crippen molar-refractivity contribution >= 4 is 35.6 Å². The lowest BCUT2D eigenvalue weighted by Gasteiger charge is -2.08. The van der Waals surface area contributed by atoms with Gasteiger partial charge in [0, 0.05) is 30.8 Å². The van der Waals surface area contributed by atoms with E-state index in [1.165, 1.54) is 11.3 Å². The first kappa shape index (κ1) is 18.8. The topological polar surface area (TPSA) is 97.1 Å². The van der Waals surface area contributed by atoms with E-state index in [1.54, 1.807) is 5.38 Å². The SMILES string of the molecule is CC(C)NC(=O)CCNC(=O)c1csc(CCN)n1.Cl. The molecule has 20 heavy (non-hydrogen) atoms. The molecule has 0 fully saturated rings. The van der Waals surface area contributed by atoms with Crippen molar-refractivity contribution in [3.8, 4) is 0 Å². The fourth-order valence-electron chi connectivity index (χ4n) is 1.43. The number of nitrogens with two attached hydrogens (primary N) is 1. The van der Waals surface area contributed by atoms with Crippen molar-refractivity contribution in [2.75, 3.05) is 13.1 Å². The number of aromatic nitrogens is 1. The van der Waals surface area contributed by atoms with E-state index < -0.39 is 0 Å². The van der Waals surface area contributed by atoms with Crippen molar-refractivity contribution in [1.82, 2.24) is 15.6 Å². The van der Waals surface area contributed by atoms with Gasteiger partial charge in [0.1, 0.15) is 5.69 Å². The fraction of sp³-hybridized carbons (Fsp3) is 0.583. The number of carbonyl (C=O) groups excluding carboxylic acids is 2. The lowest BCUT2D eigenvalue weighted by atomic mass is 10.3. The molecule has 0 aliphatic heterocycles. The van der Waals surface area contributed by atoms with Crippen LogP contribution >= 0.6 is 23.7 Å². The Hall–Kier alpha value is -1.18. The minimum Gasteiger partial charge on any atom is -0.354 e. The molecule has 6 nitrogen and oxygen atoms in total. The molecule has 1 heterocycles. The van der Waals surface area contributed by atoms with E-state index in [2.05, 4.69) is 15.6 Å². The molecule has 0 aromatic carbocycles. The average Bonchev–Trinajstić information content (AvgIpc) is 2.77. The van der Waals surface area contributed by atoms with Gasteiger partial charge in [-0.05, 0) is 20.4 Å². The number of hydrogen-bond acceptors (Lipinski definition) is 5. The zero-order valence-electron chi connectivity index (χ0n) is 11.6. The Morgan fingerprint density at radius 2 is 2.15 bits per heavy atom. The molecule has 0 aliphatic carbocycles. The van der Waals surface area contributed by atoms with Crippen molar-refractivity contribution in [2.45, 2.75) is 32.7 Å². The van der Waals surface area contributed by atoms with Crippen LogP contribution in [0, 0.1) is 0 Å². The molecule has 0 saturated carbocycles. The molecule has 114 valence electrons. The number of nitrogens with one attached hydrogen (secondary N) is 2. The van der Waals surface area contributed by atoms with E-state index in [9.17, 15) is 9.59 Å². The summed E-state index contributed by atoms with van der Waals surface area (Å²) in [5, 5.41) is 7.99. The van der Waals surface area contributed by atoms with E-state index in [0.717, 1.165) is 5.01 Å². The quantitative estimate of drug-likeness (QED) is 0.689. The lowest BCUT2D eigenvalue weighted by molar-refractivity contribution is -0.121. The van der Waals surface area contributed by atoms with Gasteiger partial charge in [0.05, 0.1) is 5.01 Å². The summed E-state index contributed by atoms with van der Waals surface area (Å²) in [5.74, 6) is -0.325. The highest BCUT2D eigenvalue weighted by Gasteiger charge is 2.10. The largest absolute Gasteiger partial charge is 0.354 e. The summed E-state index contributed by atoms with van der Waals surface area (Å²) in [7, 11) is 0. The van der Waals surface area contributed by atoms with Gasteiger partial charge in [0.25, 0.3) is 5.91 Å². The van der Waals surface area contributed by atoms with Crippen molar-refractivity contribution in [3.63, 3.8) is 0 Å². The molecule has 2 amide bonds. The Morgan fingerprint density at radius 3 is 2.75 bits per heavy atom. The molecule has 0 radical (unpaired) electrons. The van der Waals surface area contributed by atoms with E-state index in [4.69, 9.17) is 5.73 Å². The van der Waals surface area contributed by atoms with Crippen LogP contribution in [0.3, 0.4) is 0 Å². The van der Waals surface area contributed by atoms with Crippen LogP contribution in [-0.2, 0) is 11.2 Å². The summed E-state index contributed by atoms with van der Waals surface area (Å²) >= 11 is 1.42. The number of nitrogens with zero attached hydrogens (tertiary/aromatic N) is 1. The first-order chi connectivity index (χ1) is 9.02. The van der Waals surface area contributed by atoms with Crippen LogP contribution in [0.2, 0.25) is 0 Å². The summed E-state index contributed by atoms with van der Waals surface area (Å²) < 4.78 is 0. The smallest absolute Gasteiger partial charge is 0.270 e. The second kappa shape index (κ2) is 9.68. The van der Waals surface area contributed by atoms with E-state index in [0.29, 0.717) is 25.2 Å². The van der Waals surface area contributed by atoms with E-state index in [-0.39, 0.29) is 36.7 Å². The molecule has 1 aromatic heterocycles. The third-order valence-corrected chi connectivity index (χ3v) is 3.14. The molecule has 0 saturated heterocycles. The Bertz CT molecular complexity index is 437. The predicted octanol–water partition coefficient (Wildman–Crippen LogP) is 0.711. The average molecular weight is 321 g/mol. The molecular weight excluding hydrogens is 300 g/mol. The van der Waals surface area contributed by atoms with Gasteiger partial charge in [0.15, 0.2) is 0 Å². The van der Waals surface area contributed by atoms with E-state index in [1.807, 2.05) is 13.8 Å². The van der Waals surface area contributed by atoms with Gasteiger partial charge in [-0.1, -0.05) is 0 Å². The Morgan fingerprint density at radius 1 is 1.45 bits per heavy atom. The first-order valence-electron chi connectivity index (χ1n) is 6.25. The highest BCUT2D eigenvalue weighted by Crippen LogP contribution is 2.09. The van der Waals surface area contributed by atoms with Crippen molar-refractivity contribution in [2.24, 2.45) is 5.73 Å². The predicted molar refractivity (Wildman–Crippen MR) is 82.3 cm³/mol. The zero-order chi connectivity index (χ0) is 14.3. The standard InChI is InChI=1S/C12H20N4O2S.ClH/c1-8(2)15-10(17)4-6-14-12(18)9-7-19-11(16-9)3-5-13;/h7-8H,3-6,13H2,1-2H3,(H,14,18)(H,15,17);1H. The third-order valence-electron chi connectivity index (χ3n) is 2.23. The molecule has 0 aliphatic rings. The van der Waals surface area contributed by atoms with Gasteiger partial charge in [-0.2, -0.15) is 0 Å².